The maximum atomic E-state index is 5.43. The van der Waals surface area contributed by atoms with E-state index >= 15 is 0 Å². The van der Waals surface area contributed by atoms with Crippen molar-refractivity contribution in [3.8, 4) is 5.75 Å². The van der Waals surface area contributed by atoms with E-state index in [0.29, 0.717) is 12.1 Å². The highest BCUT2D eigenvalue weighted by Gasteiger charge is 2.16. The molecule has 5 heteroatoms. The molecule has 0 bridgehead atoms. The van der Waals surface area contributed by atoms with Gasteiger partial charge in [0.05, 0.1) is 7.11 Å². The Morgan fingerprint density at radius 1 is 1.24 bits per heavy atom. The third kappa shape index (κ3) is 3.82. The Labute approximate surface area is 126 Å². The van der Waals surface area contributed by atoms with Gasteiger partial charge in [-0.2, -0.15) is 5.10 Å². The molecule has 0 spiro atoms. The van der Waals surface area contributed by atoms with Gasteiger partial charge in [-0.3, -0.25) is 0 Å². The van der Waals surface area contributed by atoms with Gasteiger partial charge in [0.1, 0.15) is 17.9 Å². The Kier molecular flexibility index (Phi) is 5.33. The molecule has 0 radical (unpaired) electrons. The molecule has 1 N–H and O–H groups in total. The van der Waals surface area contributed by atoms with Gasteiger partial charge < -0.3 is 10.1 Å². The Bertz CT molecular complexity index is 565. The minimum absolute atomic E-state index is 0.294. The second-order valence-electron chi connectivity index (χ2n) is 5.42. The van der Waals surface area contributed by atoms with Gasteiger partial charge in [-0.25, -0.2) is 9.67 Å². The summed E-state index contributed by atoms with van der Waals surface area (Å²) in [6.07, 6.45) is 3.36. The molecule has 1 aromatic carbocycles. The van der Waals surface area contributed by atoms with Crippen molar-refractivity contribution in [2.24, 2.45) is 0 Å². The van der Waals surface area contributed by atoms with Crippen LogP contribution in [0.3, 0.4) is 0 Å². The van der Waals surface area contributed by atoms with Crippen LogP contribution < -0.4 is 10.1 Å². The molecule has 0 fully saturated rings. The van der Waals surface area contributed by atoms with E-state index in [2.05, 4.69) is 35.3 Å². The second kappa shape index (κ2) is 7.22. The third-order valence-corrected chi connectivity index (χ3v) is 3.63. The molecular weight excluding hydrogens is 264 g/mol. The zero-order valence-corrected chi connectivity index (χ0v) is 13.2. The fraction of sp³-hybridized carbons (Fsp3) is 0.500. The summed E-state index contributed by atoms with van der Waals surface area (Å²) in [6.45, 7) is 4.24. The van der Waals surface area contributed by atoms with Gasteiger partial charge in [0.2, 0.25) is 0 Å². The van der Waals surface area contributed by atoms with Crippen molar-refractivity contribution in [2.45, 2.75) is 38.8 Å². The molecule has 1 aromatic heterocycles. The number of hydrogen-bond donors (Lipinski definition) is 1. The minimum atomic E-state index is 0.294. The van der Waals surface area contributed by atoms with Gasteiger partial charge in [0.15, 0.2) is 0 Å². The van der Waals surface area contributed by atoms with Crippen molar-refractivity contribution < 1.29 is 4.74 Å². The van der Waals surface area contributed by atoms with Gasteiger partial charge in [-0.05, 0) is 38.9 Å². The lowest BCUT2D eigenvalue weighted by Crippen LogP contribution is -2.31. The van der Waals surface area contributed by atoms with E-state index in [4.69, 9.17) is 4.74 Å². The molecule has 2 aromatic rings. The summed E-state index contributed by atoms with van der Waals surface area (Å²) in [6, 6.07) is 8.76. The number of aromatic nitrogens is 3. The van der Waals surface area contributed by atoms with Crippen LogP contribution in [0.1, 0.15) is 31.3 Å². The number of likely N-dealkylation sites (N-methyl/N-ethyl adjacent to an activating group) is 1. The molecule has 0 aliphatic heterocycles. The fourth-order valence-electron chi connectivity index (χ4n) is 2.49. The van der Waals surface area contributed by atoms with Crippen LogP contribution in [0.5, 0.6) is 5.75 Å². The van der Waals surface area contributed by atoms with E-state index in [0.717, 1.165) is 24.4 Å². The Morgan fingerprint density at radius 2 is 2.00 bits per heavy atom. The molecule has 2 rings (SSSR count). The van der Waals surface area contributed by atoms with Crippen LogP contribution >= 0.6 is 0 Å². The van der Waals surface area contributed by atoms with Crippen molar-refractivity contribution in [3.63, 3.8) is 0 Å². The minimum Gasteiger partial charge on any atom is -0.496 e. The molecule has 0 saturated heterocycles. The van der Waals surface area contributed by atoms with Gasteiger partial charge in [-0.15, -0.1) is 0 Å². The summed E-state index contributed by atoms with van der Waals surface area (Å²) in [4.78, 5) is 4.39. The summed E-state index contributed by atoms with van der Waals surface area (Å²) in [5.74, 6) is 1.95. The number of nitrogens with zero attached hydrogens (tertiary/aromatic N) is 3. The smallest absolute Gasteiger partial charge is 0.138 e. The number of benzene rings is 1. The van der Waals surface area contributed by atoms with Gasteiger partial charge >= 0.3 is 0 Å². The van der Waals surface area contributed by atoms with E-state index in [1.165, 1.54) is 5.56 Å². The van der Waals surface area contributed by atoms with Crippen LogP contribution in [0.2, 0.25) is 0 Å². The Balaban J connectivity index is 2.11. The van der Waals surface area contributed by atoms with Crippen LogP contribution in [0.15, 0.2) is 30.6 Å². The normalized spacial score (nSPS) is 12.6. The quantitative estimate of drug-likeness (QED) is 0.849. The highest BCUT2D eigenvalue weighted by Crippen LogP contribution is 2.20. The summed E-state index contributed by atoms with van der Waals surface area (Å²) in [7, 11) is 3.69. The monoisotopic (exact) mass is 288 g/mol. The summed E-state index contributed by atoms with van der Waals surface area (Å²) >= 11 is 0. The molecule has 0 saturated carbocycles. The van der Waals surface area contributed by atoms with Crippen molar-refractivity contribution in [1.82, 2.24) is 20.1 Å². The van der Waals surface area contributed by atoms with Gasteiger partial charge in [0, 0.05) is 18.5 Å². The lowest BCUT2D eigenvalue weighted by atomic mass is 10.0. The first-order chi connectivity index (χ1) is 10.2. The topological polar surface area (TPSA) is 52.0 Å². The van der Waals surface area contributed by atoms with Crippen molar-refractivity contribution in [1.29, 1.82) is 0 Å². The Morgan fingerprint density at radius 3 is 2.67 bits per heavy atom. The molecule has 0 aliphatic carbocycles. The predicted octanol–water partition coefficient (Wildman–Crippen LogP) is 2.24. The highest BCUT2D eigenvalue weighted by molar-refractivity contribution is 5.33. The first-order valence-corrected chi connectivity index (χ1v) is 7.33. The lowest BCUT2D eigenvalue weighted by molar-refractivity contribution is 0.404. The van der Waals surface area contributed by atoms with E-state index in [1.54, 1.807) is 13.4 Å². The molecule has 1 atom stereocenters. The number of para-hydroxylation sites is 1. The maximum Gasteiger partial charge on any atom is 0.138 e. The summed E-state index contributed by atoms with van der Waals surface area (Å²) in [5, 5.41) is 7.67. The molecule has 21 heavy (non-hydrogen) atoms. The summed E-state index contributed by atoms with van der Waals surface area (Å²) in [5.41, 5.74) is 1.20. The SMILES string of the molecule is CNC(Cc1ccccc1OC)Cc1ncnn1C(C)C. The first-order valence-electron chi connectivity index (χ1n) is 7.33. The third-order valence-electron chi connectivity index (χ3n) is 3.63. The van der Waals surface area contributed by atoms with Gasteiger partial charge in [0.25, 0.3) is 0 Å². The van der Waals surface area contributed by atoms with E-state index in [-0.39, 0.29) is 0 Å². The zero-order valence-electron chi connectivity index (χ0n) is 13.2. The van der Waals surface area contributed by atoms with Crippen molar-refractivity contribution in [3.05, 3.63) is 42.0 Å². The second-order valence-corrected chi connectivity index (χ2v) is 5.42. The zero-order chi connectivity index (χ0) is 15.2. The number of methoxy groups -OCH3 is 1. The van der Waals surface area contributed by atoms with Crippen molar-refractivity contribution in [2.75, 3.05) is 14.2 Å². The maximum absolute atomic E-state index is 5.43. The van der Waals surface area contributed by atoms with Gasteiger partial charge in [-0.1, -0.05) is 18.2 Å². The largest absolute Gasteiger partial charge is 0.496 e. The van der Waals surface area contributed by atoms with E-state index in [9.17, 15) is 0 Å². The average molecular weight is 288 g/mol. The number of rotatable bonds is 7. The molecule has 5 nitrogen and oxygen atoms in total. The molecule has 0 amide bonds. The number of hydrogen-bond acceptors (Lipinski definition) is 4. The summed E-state index contributed by atoms with van der Waals surface area (Å²) < 4.78 is 7.41. The van der Waals surface area contributed by atoms with Crippen LogP contribution in [-0.2, 0) is 12.8 Å². The van der Waals surface area contributed by atoms with Crippen LogP contribution in [-0.4, -0.2) is 35.0 Å². The highest BCUT2D eigenvalue weighted by atomic mass is 16.5. The predicted molar refractivity (Wildman–Crippen MR) is 83.7 cm³/mol. The lowest BCUT2D eigenvalue weighted by Gasteiger charge is -2.18. The fourth-order valence-corrected chi connectivity index (χ4v) is 2.49. The number of ether oxygens (including phenoxy) is 1. The molecule has 114 valence electrons. The van der Waals surface area contributed by atoms with Crippen LogP contribution in [0.25, 0.3) is 0 Å². The molecular formula is C16H24N4O. The number of nitrogens with one attached hydrogen (secondary N) is 1. The Hall–Kier alpha value is -1.88. The average Bonchev–Trinajstić information content (AvgIpc) is 2.95. The van der Waals surface area contributed by atoms with Crippen molar-refractivity contribution >= 4 is 0 Å². The molecule has 1 unspecified atom stereocenters. The standard InChI is InChI=1S/C16H24N4O/c1-12(2)20-16(18-11-19-20)10-14(17-3)9-13-7-5-6-8-15(13)21-4/h5-8,11-12,14,17H,9-10H2,1-4H3. The molecule has 1 heterocycles. The van der Waals surface area contributed by atoms with E-state index in [1.807, 2.05) is 29.9 Å². The van der Waals surface area contributed by atoms with Crippen LogP contribution in [0, 0.1) is 0 Å². The van der Waals surface area contributed by atoms with E-state index < -0.39 is 0 Å². The van der Waals surface area contributed by atoms with Crippen LogP contribution in [0.4, 0.5) is 0 Å². The molecule has 0 aliphatic rings. The first kappa shape index (κ1) is 15.5.